The van der Waals surface area contributed by atoms with Gasteiger partial charge in [0.1, 0.15) is 5.01 Å². The molecule has 3 rings (SSSR count). The highest BCUT2D eigenvalue weighted by molar-refractivity contribution is 7.17. The summed E-state index contributed by atoms with van der Waals surface area (Å²) in [5.41, 5.74) is 3.39. The average molecular weight is 303 g/mol. The first-order chi connectivity index (χ1) is 9.63. The lowest BCUT2D eigenvalue weighted by atomic mass is 10.1. The maximum absolute atomic E-state index is 4.54. The summed E-state index contributed by atoms with van der Waals surface area (Å²) >= 11 is 3.45. The van der Waals surface area contributed by atoms with Crippen LogP contribution in [0.25, 0.3) is 10.2 Å². The van der Waals surface area contributed by atoms with Crippen LogP contribution >= 0.6 is 22.7 Å². The summed E-state index contributed by atoms with van der Waals surface area (Å²) < 4.78 is 1.24. The van der Waals surface area contributed by atoms with Crippen molar-refractivity contribution < 1.29 is 0 Å². The first-order valence-corrected chi connectivity index (χ1v) is 8.40. The summed E-state index contributed by atoms with van der Waals surface area (Å²) in [6.45, 7) is 6.37. The summed E-state index contributed by atoms with van der Waals surface area (Å²) in [5.74, 6) is 0. The van der Waals surface area contributed by atoms with Crippen LogP contribution in [-0.4, -0.2) is 9.97 Å². The van der Waals surface area contributed by atoms with E-state index in [0.717, 1.165) is 16.2 Å². The Kier molecular flexibility index (Phi) is 3.83. The molecule has 0 aliphatic rings. The molecule has 0 fully saturated rings. The number of hydrogen-bond donors (Lipinski definition) is 1. The SMILES string of the molecule is Cc1csc(C(C)NC(C)c2cnc3ccsc3c2)n1. The minimum atomic E-state index is 0.253. The lowest BCUT2D eigenvalue weighted by Gasteiger charge is -2.18. The van der Waals surface area contributed by atoms with E-state index >= 15 is 0 Å². The number of thiophene rings is 1. The molecule has 3 aromatic heterocycles. The summed E-state index contributed by atoms with van der Waals surface area (Å²) in [6.07, 6.45) is 1.96. The van der Waals surface area contributed by atoms with Gasteiger partial charge in [0.15, 0.2) is 0 Å². The van der Waals surface area contributed by atoms with Crippen LogP contribution in [0.3, 0.4) is 0 Å². The molecule has 2 unspecified atom stereocenters. The van der Waals surface area contributed by atoms with Crippen LogP contribution < -0.4 is 5.32 Å². The van der Waals surface area contributed by atoms with Crippen LogP contribution in [0, 0.1) is 6.92 Å². The number of hydrogen-bond acceptors (Lipinski definition) is 5. The van der Waals surface area contributed by atoms with Crippen LogP contribution in [0.1, 0.15) is 42.2 Å². The molecule has 3 aromatic rings. The first-order valence-electron chi connectivity index (χ1n) is 6.64. The van der Waals surface area contributed by atoms with Crippen molar-refractivity contribution in [3.8, 4) is 0 Å². The van der Waals surface area contributed by atoms with Gasteiger partial charge >= 0.3 is 0 Å². The van der Waals surface area contributed by atoms with Crippen molar-refractivity contribution in [2.75, 3.05) is 0 Å². The molecular weight excluding hydrogens is 286 g/mol. The molecule has 2 atom stereocenters. The second kappa shape index (κ2) is 5.60. The Labute approximate surface area is 126 Å². The van der Waals surface area contributed by atoms with Crippen molar-refractivity contribution in [3.63, 3.8) is 0 Å². The van der Waals surface area contributed by atoms with Crippen molar-refractivity contribution in [3.05, 3.63) is 45.4 Å². The van der Waals surface area contributed by atoms with Crippen molar-refractivity contribution in [2.45, 2.75) is 32.9 Å². The minimum absolute atomic E-state index is 0.253. The molecule has 0 radical (unpaired) electrons. The predicted octanol–water partition coefficient (Wildman–Crippen LogP) is 4.47. The molecule has 0 amide bonds. The highest BCUT2D eigenvalue weighted by Gasteiger charge is 2.14. The number of aromatic nitrogens is 2. The van der Waals surface area contributed by atoms with E-state index in [1.54, 1.807) is 22.7 Å². The number of pyridine rings is 1. The molecule has 1 N–H and O–H groups in total. The van der Waals surface area contributed by atoms with Crippen LogP contribution in [0.15, 0.2) is 29.1 Å². The Morgan fingerprint density at radius 2 is 2.05 bits per heavy atom. The number of fused-ring (bicyclic) bond motifs is 1. The highest BCUT2D eigenvalue weighted by atomic mass is 32.1. The van der Waals surface area contributed by atoms with Crippen LogP contribution in [-0.2, 0) is 0 Å². The maximum Gasteiger partial charge on any atom is 0.110 e. The van der Waals surface area contributed by atoms with E-state index in [4.69, 9.17) is 0 Å². The highest BCUT2D eigenvalue weighted by Crippen LogP contribution is 2.25. The molecule has 0 saturated carbocycles. The normalized spacial score (nSPS) is 14.6. The number of thiazole rings is 1. The average Bonchev–Trinajstić information content (AvgIpc) is 3.05. The third-order valence-electron chi connectivity index (χ3n) is 3.33. The number of nitrogens with one attached hydrogen (secondary N) is 1. The van der Waals surface area contributed by atoms with Gasteiger partial charge in [0.05, 0.1) is 16.3 Å². The van der Waals surface area contributed by atoms with E-state index in [0.29, 0.717) is 0 Å². The monoisotopic (exact) mass is 303 g/mol. The van der Waals surface area contributed by atoms with Gasteiger partial charge in [0.2, 0.25) is 0 Å². The molecular formula is C15H17N3S2. The Balaban J connectivity index is 1.76. The standard InChI is InChI=1S/C15H17N3S2/c1-9-8-20-15(17-9)11(3)18-10(2)12-6-14-13(16-7-12)4-5-19-14/h4-8,10-11,18H,1-3H3. The van der Waals surface area contributed by atoms with Gasteiger partial charge in [0.25, 0.3) is 0 Å². The van der Waals surface area contributed by atoms with Gasteiger partial charge in [-0.05, 0) is 43.8 Å². The van der Waals surface area contributed by atoms with Crippen LogP contribution in [0.5, 0.6) is 0 Å². The fourth-order valence-electron chi connectivity index (χ4n) is 2.21. The van der Waals surface area contributed by atoms with Gasteiger partial charge in [-0.2, -0.15) is 0 Å². The van der Waals surface area contributed by atoms with E-state index in [-0.39, 0.29) is 12.1 Å². The molecule has 0 bridgehead atoms. The van der Waals surface area contributed by atoms with Crippen LogP contribution in [0.2, 0.25) is 0 Å². The third-order valence-corrected chi connectivity index (χ3v) is 5.33. The van der Waals surface area contributed by atoms with Crippen molar-refractivity contribution in [2.24, 2.45) is 0 Å². The van der Waals surface area contributed by atoms with E-state index < -0.39 is 0 Å². The zero-order valence-corrected chi connectivity index (χ0v) is 13.4. The van der Waals surface area contributed by atoms with E-state index in [1.807, 2.05) is 13.1 Å². The number of aryl methyl sites for hydroxylation is 1. The Morgan fingerprint density at radius 3 is 2.80 bits per heavy atom. The molecule has 0 aromatic carbocycles. The molecule has 3 nitrogen and oxygen atoms in total. The number of rotatable bonds is 4. The maximum atomic E-state index is 4.54. The summed E-state index contributed by atoms with van der Waals surface area (Å²) in [4.78, 5) is 9.05. The van der Waals surface area contributed by atoms with Gasteiger partial charge in [0, 0.05) is 23.3 Å². The van der Waals surface area contributed by atoms with Crippen molar-refractivity contribution >= 4 is 32.9 Å². The molecule has 20 heavy (non-hydrogen) atoms. The fraction of sp³-hybridized carbons (Fsp3) is 0.333. The minimum Gasteiger partial charge on any atom is -0.301 e. The molecule has 3 heterocycles. The molecule has 5 heteroatoms. The number of nitrogens with zero attached hydrogens (tertiary/aromatic N) is 2. The zero-order chi connectivity index (χ0) is 14.1. The lowest BCUT2D eigenvalue weighted by Crippen LogP contribution is -2.22. The zero-order valence-electron chi connectivity index (χ0n) is 11.8. The van der Waals surface area contributed by atoms with Gasteiger partial charge in [-0.3, -0.25) is 4.98 Å². The molecule has 0 saturated heterocycles. The molecule has 0 aliphatic carbocycles. The van der Waals surface area contributed by atoms with Crippen LogP contribution in [0.4, 0.5) is 0 Å². The summed E-state index contributed by atoms with van der Waals surface area (Å²) in [6, 6.07) is 4.80. The molecule has 104 valence electrons. The second-order valence-corrected chi connectivity index (χ2v) is 6.85. The Bertz CT molecular complexity index is 717. The lowest BCUT2D eigenvalue weighted by molar-refractivity contribution is 0.492. The smallest absolute Gasteiger partial charge is 0.110 e. The van der Waals surface area contributed by atoms with E-state index in [9.17, 15) is 0 Å². The third kappa shape index (κ3) is 2.75. The Hall–Kier alpha value is -1.30. The molecule has 0 spiro atoms. The quantitative estimate of drug-likeness (QED) is 0.772. The van der Waals surface area contributed by atoms with Crippen molar-refractivity contribution in [1.29, 1.82) is 0 Å². The summed E-state index contributed by atoms with van der Waals surface area (Å²) in [7, 11) is 0. The van der Waals surface area contributed by atoms with Gasteiger partial charge in [-0.1, -0.05) is 0 Å². The van der Waals surface area contributed by atoms with E-state index in [1.165, 1.54) is 10.3 Å². The fourth-order valence-corrected chi connectivity index (χ4v) is 3.81. The predicted molar refractivity (Wildman–Crippen MR) is 86.4 cm³/mol. The largest absolute Gasteiger partial charge is 0.301 e. The van der Waals surface area contributed by atoms with Gasteiger partial charge in [-0.25, -0.2) is 4.98 Å². The first kappa shape index (κ1) is 13.7. The Morgan fingerprint density at radius 1 is 1.20 bits per heavy atom. The molecule has 0 aliphatic heterocycles. The second-order valence-electron chi connectivity index (χ2n) is 5.01. The van der Waals surface area contributed by atoms with Gasteiger partial charge in [-0.15, -0.1) is 22.7 Å². The topological polar surface area (TPSA) is 37.8 Å². The van der Waals surface area contributed by atoms with Gasteiger partial charge < -0.3 is 5.32 Å². The van der Waals surface area contributed by atoms with Crippen molar-refractivity contribution in [1.82, 2.24) is 15.3 Å². The van der Waals surface area contributed by atoms with E-state index in [2.05, 4.69) is 52.0 Å². The summed E-state index contributed by atoms with van der Waals surface area (Å²) in [5, 5.41) is 8.91.